The predicted octanol–water partition coefficient (Wildman–Crippen LogP) is 5.15. The molecule has 1 aliphatic rings. The Morgan fingerprint density at radius 1 is 1.11 bits per heavy atom. The number of rotatable bonds is 4. The van der Waals surface area contributed by atoms with Gasteiger partial charge in [-0.2, -0.15) is 0 Å². The fourth-order valence-corrected chi connectivity index (χ4v) is 2.80. The molecule has 1 unspecified atom stereocenters. The van der Waals surface area contributed by atoms with Crippen LogP contribution in [-0.2, 0) is 0 Å². The molecule has 0 saturated heterocycles. The Kier molecular flexibility index (Phi) is 3.56. The van der Waals surface area contributed by atoms with Gasteiger partial charge < -0.3 is 5.32 Å². The van der Waals surface area contributed by atoms with Crippen molar-refractivity contribution in [1.82, 2.24) is 0 Å². The smallest absolute Gasteiger partial charge is 0.124 e. The van der Waals surface area contributed by atoms with Crippen LogP contribution in [0.15, 0.2) is 53.0 Å². The Morgan fingerprint density at radius 2 is 1.84 bits per heavy atom. The molecule has 19 heavy (non-hydrogen) atoms. The molecule has 1 nitrogen and oxygen atoms in total. The van der Waals surface area contributed by atoms with Gasteiger partial charge in [-0.05, 0) is 58.5 Å². The Bertz CT molecular complexity index is 566. The highest BCUT2D eigenvalue weighted by Gasteiger charge is 2.32. The van der Waals surface area contributed by atoms with E-state index in [4.69, 9.17) is 0 Å². The van der Waals surface area contributed by atoms with Crippen molar-refractivity contribution in [3.05, 3.63) is 64.4 Å². The number of halogens is 2. The largest absolute Gasteiger partial charge is 0.377 e. The second kappa shape index (κ2) is 5.33. The van der Waals surface area contributed by atoms with Crippen LogP contribution < -0.4 is 5.32 Å². The molecule has 1 fully saturated rings. The van der Waals surface area contributed by atoms with Crippen molar-refractivity contribution in [1.29, 1.82) is 0 Å². The Balaban J connectivity index is 1.86. The van der Waals surface area contributed by atoms with Gasteiger partial charge in [0.1, 0.15) is 5.82 Å². The SMILES string of the molecule is Fc1ccc(NC(c2ccccc2)C2CC2)c(Br)c1. The van der Waals surface area contributed by atoms with E-state index >= 15 is 0 Å². The molecule has 0 heterocycles. The lowest BCUT2D eigenvalue weighted by atomic mass is 10.0. The molecule has 0 spiro atoms. The van der Waals surface area contributed by atoms with Gasteiger partial charge in [0.25, 0.3) is 0 Å². The third-order valence-electron chi connectivity index (χ3n) is 3.49. The highest BCUT2D eigenvalue weighted by Crippen LogP contribution is 2.43. The number of hydrogen-bond donors (Lipinski definition) is 1. The summed E-state index contributed by atoms with van der Waals surface area (Å²) in [6.45, 7) is 0. The molecule has 1 saturated carbocycles. The van der Waals surface area contributed by atoms with Crippen LogP contribution in [0.3, 0.4) is 0 Å². The Labute approximate surface area is 121 Å². The maximum Gasteiger partial charge on any atom is 0.124 e. The molecule has 0 aromatic heterocycles. The summed E-state index contributed by atoms with van der Waals surface area (Å²) in [4.78, 5) is 0. The van der Waals surface area contributed by atoms with Gasteiger partial charge in [0.15, 0.2) is 0 Å². The molecule has 1 N–H and O–H groups in total. The first kappa shape index (κ1) is 12.7. The quantitative estimate of drug-likeness (QED) is 0.821. The van der Waals surface area contributed by atoms with Gasteiger partial charge in [0.2, 0.25) is 0 Å². The van der Waals surface area contributed by atoms with Gasteiger partial charge in [-0.15, -0.1) is 0 Å². The van der Waals surface area contributed by atoms with Crippen molar-refractivity contribution < 1.29 is 4.39 Å². The fourth-order valence-electron chi connectivity index (χ4n) is 2.34. The number of hydrogen-bond acceptors (Lipinski definition) is 1. The van der Waals surface area contributed by atoms with E-state index < -0.39 is 0 Å². The zero-order chi connectivity index (χ0) is 13.2. The normalized spacial score (nSPS) is 16.1. The number of benzene rings is 2. The van der Waals surface area contributed by atoms with E-state index in [1.165, 1.54) is 30.5 Å². The van der Waals surface area contributed by atoms with E-state index in [1.807, 2.05) is 6.07 Å². The zero-order valence-electron chi connectivity index (χ0n) is 10.4. The minimum atomic E-state index is -0.222. The van der Waals surface area contributed by atoms with Gasteiger partial charge in [-0.1, -0.05) is 30.3 Å². The van der Waals surface area contributed by atoms with Crippen LogP contribution in [0.5, 0.6) is 0 Å². The average molecular weight is 320 g/mol. The molecule has 3 heteroatoms. The van der Waals surface area contributed by atoms with Gasteiger partial charge >= 0.3 is 0 Å². The van der Waals surface area contributed by atoms with Crippen molar-refractivity contribution >= 4 is 21.6 Å². The van der Waals surface area contributed by atoms with E-state index in [0.29, 0.717) is 12.0 Å². The summed E-state index contributed by atoms with van der Waals surface area (Å²) >= 11 is 3.42. The first-order valence-electron chi connectivity index (χ1n) is 6.50. The lowest BCUT2D eigenvalue weighted by molar-refractivity contribution is 0.626. The number of anilines is 1. The first-order chi connectivity index (χ1) is 9.24. The molecule has 1 aliphatic carbocycles. The summed E-state index contributed by atoms with van der Waals surface area (Å²) in [5, 5.41) is 3.54. The van der Waals surface area contributed by atoms with E-state index in [-0.39, 0.29) is 5.82 Å². The summed E-state index contributed by atoms with van der Waals surface area (Å²) in [7, 11) is 0. The van der Waals surface area contributed by atoms with Crippen LogP contribution in [0.25, 0.3) is 0 Å². The third-order valence-corrected chi connectivity index (χ3v) is 4.15. The summed E-state index contributed by atoms with van der Waals surface area (Å²) in [6, 6.07) is 15.5. The van der Waals surface area contributed by atoms with Crippen molar-refractivity contribution in [2.24, 2.45) is 5.92 Å². The summed E-state index contributed by atoms with van der Waals surface area (Å²) in [5.74, 6) is 0.458. The third kappa shape index (κ3) is 2.98. The summed E-state index contributed by atoms with van der Waals surface area (Å²) in [5.41, 5.74) is 2.24. The molecule has 98 valence electrons. The summed E-state index contributed by atoms with van der Waals surface area (Å²) in [6.07, 6.45) is 2.51. The molecule has 2 aromatic rings. The van der Waals surface area contributed by atoms with Crippen molar-refractivity contribution in [2.45, 2.75) is 18.9 Å². The van der Waals surface area contributed by atoms with Crippen LogP contribution in [0.4, 0.5) is 10.1 Å². The second-order valence-corrected chi connectivity index (χ2v) is 5.85. The minimum absolute atomic E-state index is 0.222. The van der Waals surface area contributed by atoms with E-state index in [9.17, 15) is 4.39 Å². The lowest BCUT2D eigenvalue weighted by Crippen LogP contribution is -2.13. The number of nitrogens with one attached hydrogen (secondary N) is 1. The minimum Gasteiger partial charge on any atom is -0.377 e. The van der Waals surface area contributed by atoms with Crippen LogP contribution in [0.1, 0.15) is 24.4 Å². The summed E-state index contributed by atoms with van der Waals surface area (Å²) < 4.78 is 13.9. The van der Waals surface area contributed by atoms with E-state index in [0.717, 1.165) is 10.2 Å². The fraction of sp³-hybridized carbons (Fsp3) is 0.250. The maximum absolute atomic E-state index is 13.1. The molecule has 1 atom stereocenters. The average Bonchev–Trinajstić information content (AvgIpc) is 3.23. The second-order valence-electron chi connectivity index (χ2n) is 4.99. The van der Waals surface area contributed by atoms with Crippen molar-refractivity contribution in [2.75, 3.05) is 5.32 Å². The van der Waals surface area contributed by atoms with Crippen LogP contribution in [0, 0.1) is 11.7 Å². The topological polar surface area (TPSA) is 12.0 Å². The lowest BCUT2D eigenvalue weighted by Gasteiger charge is -2.21. The maximum atomic E-state index is 13.1. The Hall–Kier alpha value is -1.35. The zero-order valence-corrected chi connectivity index (χ0v) is 12.0. The van der Waals surface area contributed by atoms with Gasteiger partial charge in [0.05, 0.1) is 6.04 Å². The van der Waals surface area contributed by atoms with Gasteiger partial charge in [-0.25, -0.2) is 4.39 Å². The molecule has 0 amide bonds. The van der Waals surface area contributed by atoms with Crippen molar-refractivity contribution in [3.8, 4) is 0 Å². The molecule has 2 aromatic carbocycles. The highest BCUT2D eigenvalue weighted by molar-refractivity contribution is 9.10. The standard InChI is InChI=1S/C16H15BrFN/c17-14-10-13(18)8-9-15(14)19-16(12-6-7-12)11-4-2-1-3-5-11/h1-5,8-10,12,16,19H,6-7H2. The van der Waals surface area contributed by atoms with Crippen LogP contribution in [-0.4, -0.2) is 0 Å². The molecule has 0 aliphatic heterocycles. The molecular weight excluding hydrogens is 305 g/mol. The predicted molar refractivity (Wildman–Crippen MR) is 79.6 cm³/mol. The van der Waals surface area contributed by atoms with Crippen molar-refractivity contribution in [3.63, 3.8) is 0 Å². The van der Waals surface area contributed by atoms with Crippen LogP contribution in [0.2, 0.25) is 0 Å². The van der Waals surface area contributed by atoms with Gasteiger partial charge in [-0.3, -0.25) is 0 Å². The van der Waals surface area contributed by atoms with Crippen LogP contribution >= 0.6 is 15.9 Å². The molecular formula is C16H15BrFN. The molecule has 0 bridgehead atoms. The Morgan fingerprint density at radius 3 is 2.47 bits per heavy atom. The van der Waals surface area contributed by atoms with Gasteiger partial charge in [0, 0.05) is 10.2 Å². The van der Waals surface area contributed by atoms with E-state index in [2.05, 4.69) is 45.5 Å². The van der Waals surface area contributed by atoms with E-state index in [1.54, 1.807) is 6.07 Å². The molecule has 0 radical (unpaired) electrons. The molecule has 3 rings (SSSR count). The first-order valence-corrected chi connectivity index (χ1v) is 7.30. The highest BCUT2D eigenvalue weighted by atomic mass is 79.9. The monoisotopic (exact) mass is 319 g/mol.